The van der Waals surface area contributed by atoms with E-state index in [1.807, 2.05) is 13.0 Å². The van der Waals surface area contributed by atoms with Crippen LogP contribution in [0.4, 0.5) is 5.69 Å². The van der Waals surface area contributed by atoms with Gasteiger partial charge in [-0.25, -0.2) is 8.42 Å². The Balaban J connectivity index is 2.08. The quantitative estimate of drug-likeness (QED) is 0.728. The van der Waals surface area contributed by atoms with Gasteiger partial charge in [-0.3, -0.25) is 9.10 Å². The Morgan fingerprint density at radius 3 is 2.44 bits per heavy atom. The van der Waals surface area contributed by atoms with Gasteiger partial charge in [0.2, 0.25) is 0 Å². The summed E-state index contributed by atoms with van der Waals surface area (Å²) in [5, 5.41) is 0. The van der Waals surface area contributed by atoms with Crippen LogP contribution in [0.25, 0.3) is 0 Å². The Morgan fingerprint density at radius 1 is 1.07 bits per heavy atom. The number of methoxy groups -OCH3 is 1. The van der Waals surface area contributed by atoms with Gasteiger partial charge in [-0.2, -0.15) is 0 Å². The molecule has 27 heavy (non-hydrogen) atoms. The largest absolute Gasteiger partial charge is 0.486 e. The minimum absolute atomic E-state index is 0.00984. The van der Waals surface area contributed by atoms with Crippen LogP contribution in [0.3, 0.4) is 0 Å². The fourth-order valence-electron chi connectivity index (χ4n) is 2.88. The topological polar surface area (TPSA) is 82.1 Å². The van der Waals surface area contributed by atoms with E-state index in [0.717, 1.165) is 15.4 Å². The molecule has 7 nitrogen and oxygen atoms in total. The average Bonchev–Trinajstić information content (AvgIpc) is 2.66. The number of hydrogen-bond donors (Lipinski definition) is 0. The van der Waals surface area contributed by atoms with Crippen LogP contribution < -0.4 is 13.8 Å². The van der Waals surface area contributed by atoms with E-state index in [1.54, 1.807) is 25.1 Å². The lowest BCUT2D eigenvalue weighted by Gasteiger charge is -2.26. The molecule has 0 spiro atoms. The molecule has 0 N–H and O–H groups in total. The highest BCUT2D eigenvalue weighted by atomic mass is 32.2. The number of rotatable bonds is 5. The maximum atomic E-state index is 13.3. The molecule has 0 aromatic heterocycles. The second-order valence-electron chi connectivity index (χ2n) is 6.18. The van der Waals surface area contributed by atoms with E-state index in [-0.39, 0.29) is 4.90 Å². The number of carbonyl (C=O) groups is 1. The number of anilines is 1. The molecule has 0 amide bonds. The zero-order valence-corrected chi connectivity index (χ0v) is 16.2. The fourth-order valence-corrected chi connectivity index (χ4v) is 4.37. The molecule has 144 valence electrons. The molecule has 1 aliphatic heterocycles. The molecule has 1 aliphatic rings. The van der Waals surface area contributed by atoms with Crippen molar-refractivity contribution in [1.82, 2.24) is 0 Å². The van der Waals surface area contributed by atoms with Gasteiger partial charge < -0.3 is 14.2 Å². The van der Waals surface area contributed by atoms with Gasteiger partial charge in [0.25, 0.3) is 10.0 Å². The third kappa shape index (κ3) is 3.85. The number of carbonyl (C=O) groups excluding carboxylic acids is 1. The van der Waals surface area contributed by atoms with Gasteiger partial charge in [-0.1, -0.05) is 17.7 Å². The van der Waals surface area contributed by atoms with Crippen LogP contribution in [0.5, 0.6) is 11.5 Å². The number of ether oxygens (including phenoxy) is 3. The predicted molar refractivity (Wildman–Crippen MR) is 99.9 cm³/mol. The van der Waals surface area contributed by atoms with E-state index in [0.29, 0.717) is 30.4 Å². The maximum absolute atomic E-state index is 13.3. The summed E-state index contributed by atoms with van der Waals surface area (Å²) in [5.74, 6) is 0.197. The molecule has 0 bridgehead atoms. The van der Waals surface area contributed by atoms with Gasteiger partial charge >= 0.3 is 5.97 Å². The van der Waals surface area contributed by atoms with Crippen LogP contribution in [0, 0.1) is 13.8 Å². The number of fused-ring (bicyclic) bond motifs is 1. The molecule has 3 rings (SSSR count). The van der Waals surface area contributed by atoms with Crippen LogP contribution in [0.2, 0.25) is 0 Å². The summed E-state index contributed by atoms with van der Waals surface area (Å²) >= 11 is 0. The molecule has 0 unspecified atom stereocenters. The Labute approximate surface area is 158 Å². The fraction of sp³-hybridized carbons (Fsp3) is 0.316. The smallest absolute Gasteiger partial charge is 0.326 e. The highest BCUT2D eigenvalue weighted by Crippen LogP contribution is 2.35. The number of benzene rings is 2. The van der Waals surface area contributed by atoms with Gasteiger partial charge in [-0.05, 0) is 37.6 Å². The van der Waals surface area contributed by atoms with Crippen molar-refractivity contribution in [3.8, 4) is 11.5 Å². The normalized spacial score (nSPS) is 13.1. The first kappa shape index (κ1) is 19.0. The molecule has 0 atom stereocenters. The van der Waals surface area contributed by atoms with Crippen LogP contribution >= 0.6 is 0 Å². The van der Waals surface area contributed by atoms with Crippen LogP contribution in [0.1, 0.15) is 11.1 Å². The van der Waals surface area contributed by atoms with Crippen molar-refractivity contribution in [1.29, 1.82) is 0 Å². The van der Waals surface area contributed by atoms with Crippen molar-refractivity contribution in [2.75, 3.05) is 31.2 Å². The van der Waals surface area contributed by atoms with E-state index in [9.17, 15) is 13.2 Å². The van der Waals surface area contributed by atoms with E-state index >= 15 is 0 Å². The highest BCUT2D eigenvalue weighted by Gasteiger charge is 2.30. The van der Waals surface area contributed by atoms with Gasteiger partial charge in [0.15, 0.2) is 11.5 Å². The summed E-state index contributed by atoms with van der Waals surface area (Å²) < 4.78 is 43.3. The predicted octanol–water partition coefficient (Wildman–Crippen LogP) is 2.44. The zero-order valence-electron chi connectivity index (χ0n) is 15.4. The van der Waals surface area contributed by atoms with Gasteiger partial charge in [0.1, 0.15) is 19.8 Å². The van der Waals surface area contributed by atoms with Crippen molar-refractivity contribution < 1.29 is 27.4 Å². The summed E-state index contributed by atoms with van der Waals surface area (Å²) in [6, 6.07) is 9.75. The van der Waals surface area contributed by atoms with Gasteiger partial charge in [0, 0.05) is 6.07 Å². The highest BCUT2D eigenvalue weighted by molar-refractivity contribution is 7.92. The molecule has 0 radical (unpaired) electrons. The third-order valence-corrected chi connectivity index (χ3v) is 5.98. The Morgan fingerprint density at radius 2 is 1.78 bits per heavy atom. The van der Waals surface area contributed by atoms with Gasteiger partial charge in [-0.15, -0.1) is 0 Å². The molecular weight excluding hydrogens is 370 g/mol. The lowest BCUT2D eigenvalue weighted by atomic mass is 10.1. The number of aryl methyl sites for hydroxylation is 2. The van der Waals surface area contributed by atoms with Crippen LogP contribution in [0.15, 0.2) is 41.3 Å². The molecule has 0 saturated carbocycles. The molecule has 0 fully saturated rings. The SMILES string of the molecule is COC(=O)CN(c1ccc(C)cc1C)S(=O)(=O)c1ccc2c(c1)OCCO2. The van der Waals surface area contributed by atoms with Crippen LogP contribution in [-0.2, 0) is 19.6 Å². The van der Waals surface area contributed by atoms with E-state index < -0.39 is 22.5 Å². The summed E-state index contributed by atoms with van der Waals surface area (Å²) in [5.41, 5.74) is 2.15. The minimum atomic E-state index is -4.03. The third-order valence-electron chi connectivity index (χ3n) is 4.22. The number of hydrogen-bond acceptors (Lipinski definition) is 6. The first-order valence-electron chi connectivity index (χ1n) is 8.39. The summed E-state index contributed by atoms with van der Waals surface area (Å²) in [7, 11) is -2.81. The van der Waals surface area contributed by atoms with Crippen LogP contribution in [-0.4, -0.2) is 41.3 Å². The first-order chi connectivity index (χ1) is 12.8. The van der Waals surface area contributed by atoms with Crippen molar-refractivity contribution >= 4 is 21.7 Å². The minimum Gasteiger partial charge on any atom is -0.486 e. The Hall–Kier alpha value is -2.74. The number of sulfonamides is 1. The lowest BCUT2D eigenvalue weighted by Crippen LogP contribution is -2.36. The Kier molecular flexibility index (Phi) is 5.27. The summed E-state index contributed by atoms with van der Waals surface area (Å²) in [6.07, 6.45) is 0. The average molecular weight is 391 g/mol. The first-order valence-corrected chi connectivity index (χ1v) is 9.83. The van der Waals surface area contributed by atoms with Crippen molar-refractivity contribution in [2.45, 2.75) is 18.7 Å². The molecular formula is C19H21NO6S. The van der Waals surface area contributed by atoms with E-state index in [1.165, 1.54) is 19.2 Å². The second-order valence-corrected chi connectivity index (χ2v) is 8.05. The van der Waals surface area contributed by atoms with E-state index in [2.05, 4.69) is 0 Å². The number of nitrogens with zero attached hydrogens (tertiary/aromatic N) is 1. The standard InChI is InChI=1S/C19H21NO6S/c1-13-4-6-16(14(2)10-13)20(12-19(21)24-3)27(22,23)15-5-7-17-18(11-15)26-9-8-25-17/h4-7,10-11H,8-9,12H2,1-3H3. The monoisotopic (exact) mass is 391 g/mol. The lowest BCUT2D eigenvalue weighted by molar-refractivity contribution is -0.138. The summed E-state index contributed by atoms with van der Waals surface area (Å²) in [4.78, 5) is 11.9. The molecule has 8 heteroatoms. The second kappa shape index (κ2) is 7.48. The Bertz CT molecular complexity index is 970. The molecule has 2 aromatic rings. The van der Waals surface area contributed by atoms with Gasteiger partial charge in [0.05, 0.1) is 17.7 Å². The molecule has 0 saturated heterocycles. The summed E-state index contributed by atoms with van der Waals surface area (Å²) in [6.45, 7) is 4.04. The van der Waals surface area contributed by atoms with E-state index in [4.69, 9.17) is 14.2 Å². The molecule has 0 aliphatic carbocycles. The zero-order chi connectivity index (χ0) is 19.6. The van der Waals surface area contributed by atoms with Crippen molar-refractivity contribution in [3.63, 3.8) is 0 Å². The number of esters is 1. The van der Waals surface area contributed by atoms with Crippen molar-refractivity contribution in [2.24, 2.45) is 0 Å². The molecule has 2 aromatic carbocycles. The maximum Gasteiger partial charge on any atom is 0.326 e. The molecule has 1 heterocycles. The van der Waals surface area contributed by atoms with Crippen molar-refractivity contribution in [3.05, 3.63) is 47.5 Å².